The number of hydrogen-bond acceptors (Lipinski definition) is 5. The number of hydrazone groups is 1. The minimum Gasteiger partial charge on any atom is -0.490 e. The molecule has 2 aromatic rings. The van der Waals surface area contributed by atoms with Crippen LogP contribution in [0.3, 0.4) is 0 Å². The van der Waals surface area contributed by atoms with Gasteiger partial charge in [0.15, 0.2) is 11.5 Å². The van der Waals surface area contributed by atoms with Crippen LogP contribution < -0.4 is 20.2 Å². The van der Waals surface area contributed by atoms with Gasteiger partial charge in [-0.25, -0.2) is 5.43 Å². The van der Waals surface area contributed by atoms with E-state index in [1.165, 1.54) is 6.21 Å². The monoisotopic (exact) mass is 487 g/mol. The lowest BCUT2D eigenvalue weighted by Gasteiger charge is -2.19. The van der Waals surface area contributed by atoms with Gasteiger partial charge in [-0.1, -0.05) is 38.8 Å². The number of ether oxygens (including phenoxy) is 2. The number of amides is 2. The highest BCUT2D eigenvalue weighted by atomic mass is 35.5. The van der Waals surface area contributed by atoms with Gasteiger partial charge >= 0.3 is 0 Å². The molecule has 1 unspecified atom stereocenters. The van der Waals surface area contributed by atoms with Gasteiger partial charge in [-0.15, -0.1) is 0 Å². The second kappa shape index (κ2) is 14.3. The zero-order valence-corrected chi connectivity index (χ0v) is 21.0. The van der Waals surface area contributed by atoms with Crippen LogP contribution in [0, 0.1) is 5.92 Å². The molecule has 34 heavy (non-hydrogen) atoms. The number of halogens is 1. The van der Waals surface area contributed by atoms with E-state index in [9.17, 15) is 9.59 Å². The Bertz CT molecular complexity index is 961. The minimum atomic E-state index is -0.728. The standard InChI is InChI=1S/C26H34ClN3O4/c1-5-7-14-34-23-13-8-19(16-24(23)33-6-2)17-28-30-26(32)22(15-18(3)4)29-25(31)20-9-11-21(27)12-10-20/h8-13,16-18,22H,5-7,14-15H2,1-4H3,(H,29,31)(H,30,32). The molecule has 184 valence electrons. The van der Waals surface area contributed by atoms with Crippen molar-refractivity contribution >= 4 is 29.6 Å². The molecule has 2 N–H and O–H groups in total. The zero-order chi connectivity index (χ0) is 24.9. The first kappa shape index (κ1) is 27.2. The molecule has 0 spiro atoms. The van der Waals surface area contributed by atoms with Crippen LogP contribution in [0.1, 0.15) is 62.9 Å². The number of hydrogen-bond donors (Lipinski definition) is 2. The maximum atomic E-state index is 12.8. The van der Waals surface area contributed by atoms with Crippen molar-refractivity contribution < 1.29 is 19.1 Å². The molecule has 0 aliphatic heterocycles. The highest BCUT2D eigenvalue weighted by molar-refractivity contribution is 6.30. The lowest BCUT2D eigenvalue weighted by molar-refractivity contribution is -0.123. The Kier molecular flexibility index (Phi) is 11.4. The molecule has 2 aromatic carbocycles. The number of benzene rings is 2. The van der Waals surface area contributed by atoms with Crippen LogP contribution in [0.5, 0.6) is 11.5 Å². The molecule has 2 amide bonds. The smallest absolute Gasteiger partial charge is 0.262 e. The summed E-state index contributed by atoms with van der Waals surface area (Å²) < 4.78 is 11.5. The lowest BCUT2D eigenvalue weighted by atomic mass is 10.0. The van der Waals surface area contributed by atoms with Gasteiger partial charge in [-0.05, 0) is 73.7 Å². The fourth-order valence-electron chi connectivity index (χ4n) is 3.11. The summed E-state index contributed by atoms with van der Waals surface area (Å²) in [5.74, 6) is 0.762. The van der Waals surface area contributed by atoms with Gasteiger partial charge in [0.1, 0.15) is 6.04 Å². The van der Waals surface area contributed by atoms with Crippen molar-refractivity contribution in [1.82, 2.24) is 10.7 Å². The molecule has 0 aliphatic rings. The summed E-state index contributed by atoms with van der Waals surface area (Å²) in [6.45, 7) is 9.11. The van der Waals surface area contributed by atoms with Gasteiger partial charge in [-0.2, -0.15) is 5.10 Å². The highest BCUT2D eigenvalue weighted by Gasteiger charge is 2.22. The summed E-state index contributed by atoms with van der Waals surface area (Å²) in [5, 5.41) is 7.40. The predicted molar refractivity (Wildman–Crippen MR) is 136 cm³/mol. The first-order valence-corrected chi connectivity index (χ1v) is 12.0. The largest absolute Gasteiger partial charge is 0.490 e. The third-order valence-corrected chi connectivity index (χ3v) is 5.10. The van der Waals surface area contributed by atoms with Crippen LogP contribution in [-0.4, -0.2) is 37.3 Å². The average molecular weight is 488 g/mol. The summed E-state index contributed by atoms with van der Waals surface area (Å²) in [7, 11) is 0. The summed E-state index contributed by atoms with van der Waals surface area (Å²) in [6.07, 6.45) is 4.02. The number of unbranched alkanes of at least 4 members (excludes halogenated alkanes) is 1. The molecule has 8 heteroatoms. The van der Waals surface area contributed by atoms with Crippen LogP contribution in [0.2, 0.25) is 5.02 Å². The van der Waals surface area contributed by atoms with Gasteiger partial charge < -0.3 is 14.8 Å². The fraction of sp³-hybridized carbons (Fsp3) is 0.423. The van der Waals surface area contributed by atoms with Crippen molar-refractivity contribution in [3.63, 3.8) is 0 Å². The average Bonchev–Trinajstić information content (AvgIpc) is 2.80. The number of nitrogens with zero attached hydrogens (tertiary/aromatic N) is 1. The van der Waals surface area contributed by atoms with Crippen LogP contribution in [0.4, 0.5) is 0 Å². The third kappa shape index (κ3) is 9.06. The SMILES string of the molecule is CCCCOc1ccc(C=NNC(=O)C(CC(C)C)NC(=O)c2ccc(Cl)cc2)cc1OCC. The van der Waals surface area contributed by atoms with E-state index in [1.807, 2.05) is 39.0 Å². The molecule has 7 nitrogen and oxygen atoms in total. The second-order valence-corrected chi connectivity index (χ2v) is 8.67. The molecule has 0 saturated heterocycles. The van der Waals surface area contributed by atoms with E-state index in [1.54, 1.807) is 24.3 Å². The van der Waals surface area contributed by atoms with Crippen LogP contribution in [0.15, 0.2) is 47.6 Å². The Morgan fingerprint density at radius 1 is 1.06 bits per heavy atom. The third-order valence-electron chi connectivity index (χ3n) is 4.85. The highest BCUT2D eigenvalue weighted by Crippen LogP contribution is 2.28. The molecule has 2 rings (SSSR count). The van der Waals surface area contributed by atoms with E-state index in [0.29, 0.717) is 41.7 Å². The molecule has 1 atom stereocenters. The van der Waals surface area contributed by atoms with E-state index < -0.39 is 11.9 Å². The maximum absolute atomic E-state index is 12.8. The van der Waals surface area contributed by atoms with Crippen molar-refractivity contribution in [2.75, 3.05) is 13.2 Å². The second-order valence-electron chi connectivity index (χ2n) is 8.24. The molecule has 0 saturated carbocycles. The number of nitrogens with one attached hydrogen (secondary N) is 2. The minimum absolute atomic E-state index is 0.194. The van der Waals surface area contributed by atoms with E-state index in [4.69, 9.17) is 21.1 Å². The van der Waals surface area contributed by atoms with Crippen molar-refractivity contribution in [3.8, 4) is 11.5 Å². The van der Waals surface area contributed by atoms with Crippen molar-refractivity contribution in [2.24, 2.45) is 11.0 Å². The molecule has 0 fully saturated rings. The van der Waals surface area contributed by atoms with Gasteiger partial charge in [-0.3, -0.25) is 9.59 Å². The summed E-state index contributed by atoms with van der Waals surface area (Å²) in [5.41, 5.74) is 3.71. The topological polar surface area (TPSA) is 89.0 Å². The van der Waals surface area contributed by atoms with Crippen LogP contribution in [0.25, 0.3) is 0 Å². The summed E-state index contributed by atoms with van der Waals surface area (Å²) in [4.78, 5) is 25.3. The fourth-order valence-corrected chi connectivity index (χ4v) is 3.24. The molecule has 0 aliphatic carbocycles. The Hall–Kier alpha value is -3.06. The lowest BCUT2D eigenvalue weighted by Crippen LogP contribution is -2.46. The van der Waals surface area contributed by atoms with Gasteiger partial charge in [0, 0.05) is 10.6 Å². The predicted octanol–water partition coefficient (Wildman–Crippen LogP) is 5.21. The Labute approximate surface area is 206 Å². The summed E-state index contributed by atoms with van der Waals surface area (Å²) in [6, 6.07) is 11.3. The Balaban J connectivity index is 2.04. The Morgan fingerprint density at radius 2 is 1.79 bits per heavy atom. The Morgan fingerprint density at radius 3 is 2.44 bits per heavy atom. The molecular formula is C26H34ClN3O4. The number of carbonyl (C=O) groups excluding carboxylic acids is 2. The van der Waals surface area contributed by atoms with Gasteiger partial charge in [0.2, 0.25) is 0 Å². The molecule has 0 radical (unpaired) electrons. The first-order chi connectivity index (χ1) is 16.3. The van der Waals surface area contributed by atoms with E-state index in [-0.39, 0.29) is 11.8 Å². The quantitative estimate of drug-likeness (QED) is 0.230. The maximum Gasteiger partial charge on any atom is 0.262 e. The van der Waals surface area contributed by atoms with E-state index >= 15 is 0 Å². The normalized spacial score (nSPS) is 11.9. The van der Waals surface area contributed by atoms with Crippen molar-refractivity contribution in [1.29, 1.82) is 0 Å². The van der Waals surface area contributed by atoms with Gasteiger partial charge in [0.25, 0.3) is 11.8 Å². The molecular weight excluding hydrogens is 454 g/mol. The molecule has 0 heterocycles. The van der Waals surface area contributed by atoms with Crippen LogP contribution in [-0.2, 0) is 4.79 Å². The van der Waals surface area contributed by atoms with Crippen molar-refractivity contribution in [3.05, 3.63) is 58.6 Å². The van der Waals surface area contributed by atoms with E-state index in [2.05, 4.69) is 22.8 Å². The number of carbonyl (C=O) groups is 2. The molecule has 0 bridgehead atoms. The first-order valence-electron chi connectivity index (χ1n) is 11.6. The van der Waals surface area contributed by atoms with Crippen molar-refractivity contribution in [2.45, 2.75) is 53.0 Å². The molecule has 0 aromatic heterocycles. The summed E-state index contributed by atoms with van der Waals surface area (Å²) >= 11 is 5.89. The van der Waals surface area contributed by atoms with Gasteiger partial charge in [0.05, 0.1) is 19.4 Å². The van der Waals surface area contributed by atoms with E-state index in [0.717, 1.165) is 18.4 Å². The number of rotatable bonds is 13. The zero-order valence-electron chi connectivity index (χ0n) is 20.3. The van der Waals surface area contributed by atoms with Crippen LogP contribution >= 0.6 is 11.6 Å².